The van der Waals surface area contributed by atoms with Crippen LogP contribution >= 0.6 is 12.4 Å². The molecule has 3 nitrogen and oxygen atoms in total. The highest BCUT2D eigenvalue weighted by molar-refractivity contribution is 5.94. The first-order chi connectivity index (χ1) is 8.43. The van der Waals surface area contributed by atoms with Crippen LogP contribution < -0.4 is 11.1 Å². The molecule has 0 aromatic heterocycles. The average molecular weight is 293 g/mol. The number of benzene rings is 1. The smallest absolute Gasteiger partial charge is 0.254 e. The van der Waals surface area contributed by atoms with Gasteiger partial charge in [-0.25, -0.2) is 8.78 Å². The summed E-state index contributed by atoms with van der Waals surface area (Å²) in [5, 5.41) is 2.54. The van der Waals surface area contributed by atoms with Crippen molar-refractivity contribution >= 4 is 18.3 Å². The van der Waals surface area contributed by atoms with E-state index in [-0.39, 0.29) is 24.5 Å². The Balaban J connectivity index is 0.00000324. The van der Waals surface area contributed by atoms with E-state index in [1.54, 1.807) is 0 Å². The third-order valence-corrected chi connectivity index (χ3v) is 3.21. The maximum absolute atomic E-state index is 13.4. The van der Waals surface area contributed by atoms with Gasteiger partial charge in [0.05, 0.1) is 5.56 Å². The van der Waals surface area contributed by atoms with E-state index in [0.717, 1.165) is 6.07 Å². The van der Waals surface area contributed by atoms with Gasteiger partial charge in [0.2, 0.25) is 0 Å². The first-order valence-corrected chi connectivity index (χ1v) is 5.94. The summed E-state index contributed by atoms with van der Waals surface area (Å²) >= 11 is 0. The van der Waals surface area contributed by atoms with Crippen LogP contribution in [0.15, 0.2) is 18.2 Å². The number of rotatable bonds is 5. The van der Waals surface area contributed by atoms with Crippen molar-refractivity contribution in [2.24, 2.45) is 5.73 Å². The lowest BCUT2D eigenvalue weighted by molar-refractivity contribution is 0.0937. The zero-order chi connectivity index (χ0) is 13.8. The third kappa shape index (κ3) is 4.44. The Bertz CT molecular complexity index is 437. The average Bonchev–Trinajstić information content (AvgIpc) is 2.39. The summed E-state index contributed by atoms with van der Waals surface area (Å²) in [6.45, 7) is 4.06. The minimum Gasteiger partial charge on any atom is -0.350 e. The van der Waals surface area contributed by atoms with Crippen molar-refractivity contribution in [3.8, 4) is 0 Å². The summed E-state index contributed by atoms with van der Waals surface area (Å²) in [5.74, 6) is -2.82. The lowest BCUT2D eigenvalue weighted by Gasteiger charge is -2.26. The number of amides is 1. The van der Waals surface area contributed by atoms with Gasteiger partial charge in [0.1, 0.15) is 0 Å². The highest BCUT2D eigenvalue weighted by Crippen LogP contribution is 2.13. The fourth-order valence-corrected chi connectivity index (χ4v) is 1.53. The number of carbonyl (C=O) groups is 1. The fraction of sp³-hybridized carbons (Fsp3) is 0.462. The largest absolute Gasteiger partial charge is 0.350 e. The van der Waals surface area contributed by atoms with E-state index in [0.29, 0.717) is 12.8 Å². The molecular formula is C13H19ClF2N2O. The molecule has 1 rings (SSSR count). The number of halogens is 3. The summed E-state index contributed by atoms with van der Waals surface area (Å²) in [5.41, 5.74) is 5.19. The Morgan fingerprint density at radius 3 is 2.42 bits per heavy atom. The van der Waals surface area contributed by atoms with Gasteiger partial charge >= 0.3 is 0 Å². The van der Waals surface area contributed by atoms with Crippen molar-refractivity contribution in [1.29, 1.82) is 0 Å². The SMILES string of the molecule is CCC(N)(CC)CNC(=O)c1cccc(F)c1F.Cl. The maximum Gasteiger partial charge on any atom is 0.254 e. The van der Waals surface area contributed by atoms with Crippen LogP contribution in [-0.4, -0.2) is 18.0 Å². The van der Waals surface area contributed by atoms with E-state index in [1.807, 2.05) is 13.8 Å². The van der Waals surface area contributed by atoms with Crippen LogP contribution in [0.25, 0.3) is 0 Å². The Labute approximate surface area is 118 Å². The first-order valence-electron chi connectivity index (χ1n) is 5.94. The van der Waals surface area contributed by atoms with E-state index < -0.39 is 23.1 Å². The summed E-state index contributed by atoms with van der Waals surface area (Å²) in [6, 6.07) is 3.50. The summed E-state index contributed by atoms with van der Waals surface area (Å²) < 4.78 is 26.3. The van der Waals surface area contributed by atoms with Crippen molar-refractivity contribution in [3.05, 3.63) is 35.4 Å². The van der Waals surface area contributed by atoms with Crippen LogP contribution in [0.4, 0.5) is 8.78 Å². The molecule has 0 aliphatic rings. The van der Waals surface area contributed by atoms with Gasteiger partial charge in [-0.2, -0.15) is 0 Å². The Morgan fingerprint density at radius 1 is 1.32 bits per heavy atom. The van der Waals surface area contributed by atoms with E-state index in [9.17, 15) is 13.6 Å². The molecule has 0 radical (unpaired) electrons. The zero-order valence-corrected chi connectivity index (χ0v) is 11.8. The number of nitrogens with two attached hydrogens (primary N) is 1. The predicted molar refractivity (Wildman–Crippen MR) is 73.4 cm³/mol. The number of hydrogen-bond acceptors (Lipinski definition) is 2. The molecule has 1 amide bonds. The zero-order valence-electron chi connectivity index (χ0n) is 11.0. The second kappa shape index (κ2) is 7.40. The monoisotopic (exact) mass is 292 g/mol. The van der Waals surface area contributed by atoms with Crippen LogP contribution in [0, 0.1) is 11.6 Å². The molecule has 0 heterocycles. The van der Waals surface area contributed by atoms with Crippen LogP contribution in [0.1, 0.15) is 37.0 Å². The standard InChI is InChI=1S/C13H18F2N2O.ClH/c1-3-13(16,4-2)8-17-12(18)9-6-5-7-10(14)11(9)15;/h5-7H,3-4,8,16H2,1-2H3,(H,17,18);1H. The lowest BCUT2D eigenvalue weighted by atomic mass is 9.94. The highest BCUT2D eigenvalue weighted by Gasteiger charge is 2.22. The molecule has 0 fully saturated rings. The summed E-state index contributed by atoms with van der Waals surface area (Å²) in [4.78, 5) is 11.7. The van der Waals surface area contributed by atoms with Gasteiger partial charge in [0.25, 0.3) is 5.91 Å². The van der Waals surface area contributed by atoms with Crippen LogP contribution in [-0.2, 0) is 0 Å². The molecule has 6 heteroatoms. The molecule has 3 N–H and O–H groups in total. The van der Waals surface area contributed by atoms with Crippen molar-refractivity contribution in [1.82, 2.24) is 5.32 Å². The normalized spacial score (nSPS) is 10.8. The molecule has 0 atom stereocenters. The molecular weight excluding hydrogens is 274 g/mol. The van der Waals surface area contributed by atoms with Gasteiger partial charge in [-0.05, 0) is 25.0 Å². The minimum atomic E-state index is -1.13. The molecule has 1 aromatic rings. The number of carbonyl (C=O) groups excluding carboxylic acids is 1. The molecule has 19 heavy (non-hydrogen) atoms. The van der Waals surface area contributed by atoms with Gasteiger partial charge in [-0.15, -0.1) is 12.4 Å². The van der Waals surface area contributed by atoms with Crippen LogP contribution in [0.5, 0.6) is 0 Å². The Morgan fingerprint density at radius 2 is 1.89 bits per heavy atom. The van der Waals surface area contributed by atoms with Crippen molar-refractivity contribution < 1.29 is 13.6 Å². The Hall–Kier alpha value is -1.20. The molecule has 0 spiro atoms. The van der Waals surface area contributed by atoms with E-state index in [4.69, 9.17) is 5.73 Å². The van der Waals surface area contributed by atoms with Crippen molar-refractivity contribution in [2.45, 2.75) is 32.2 Å². The summed E-state index contributed by atoms with van der Waals surface area (Å²) in [7, 11) is 0. The van der Waals surface area contributed by atoms with Crippen LogP contribution in [0.2, 0.25) is 0 Å². The van der Waals surface area contributed by atoms with Gasteiger partial charge < -0.3 is 11.1 Å². The van der Waals surface area contributed by atoms with E-state index >= 15 is 0 Å². The molecule has 0 saturated heterocycles. The maximum atomic E-state index is 13.4. The molecule has 0 aliphatic carbocycles. The number of hydrogen-bond donors (Lipinski definition) is 2. The van der Waals surface area contributed by atoms with E-state index in [1.165, 1.54) is 12.1 Å². The highest BCUT2D eigenvalue weighted by atomic mass is 35.5. The lowest BCUT2D eigenvalue weighted by Crippen LogP contribution is -2.49. The third-order valence-electron chi connectivity index (χ3n) is 3.21. The molecule has 0 bridgehead atoms. The topological polar surface area (TPSA) is 55.1 Å². The van der Waals surface area contributed by atoms with Crippen molar-refractivity contribution in [3.63, 3.8) is 0 Å². The molecule has 0 saturated carbocycles. The second-order valence-electron chi connectivity index (χ2n) is 4.35. The number of nitrogens with one attached hydrogen (secondary N) is 1. The Kier molecular flexibility index (Phi) is 6.94. The van der Waals surface area contributed by atoms with Crippen LogP contribution in [0.3, 0.4) is 0 Å². The van der Waals surface area contributed by atoms with Gasteiger partial charge in [0, 0.05) is 12.1 Å². The van der Waals surface area contributed by atoms with E-state index in [2.05, 4.69) is 5.32 Å². The first kappa shape index (κ1) is 17.8. The van der Waals surface area contributed by atoms with Crippen molar-refractivity contribution in [2.75, 3.05) is 6.54 Å². The molecule has 0 unspecified atom stereocenters. The summed E-state index contributed by atoms with van der Waals surface area (Å²) in [6.07, 6.45) is 1.38. The molecule has 0 aliphatic heterocycles. The second-order valence-corrected chi connectivity index (χ2v) is 4.35. The molecule has 108 valence electrons. The fourth-order valence-electron chi connectivity index (χ4n) is 1.53. The molecule has 1 aromatic carbocycles. The van der Waals surface area contributed by atoms with Gasteiger partial charge in [-0.3, -0.25) is 4.79 Å². The van der Waals surface area contributed by atoms with Gasteiger partial charge in [0.15, 0.2) is 11.6 Å². The van der Waals surface area contributed by atoms with Gasteiger partial charge in [-0.1, -0.05) is 19.9 Å². The minimum absolute atomic E-state index is 0. The quantitative estimate of drug-likeness (QED) is 0.876. The predicted octanol–water partition coefficient (Wildman–Crippen LogP) is 2.63.